The summed E-state index contributed by atoms with van der Waals surface area (Å²) in [5, 5.41) is 5.43. The van der Waals surface area contributed by atoms with E-state index in [2.05, 4.69) is 84.3 Å². The van der Waals surface area contributed by atoms with Gasteiger partial charge in [0.25, 0.3) is 0 Å². The van der Waals surface area contributed by atoms with Crippen LogP contribution in [0.3, 0.4) is 0 Å². The van der Waals surface area contributed by atoms with Gasteiger partial charge in [-0.1, -0.05) is 55.5 Å². The fourth-order valence-electron chi connectivity index (χ4n) is 3.81. The Morgan fingerprint density at radius 2 is 1.48 bits per heavy atom. The van der Waals surface area contributed by atoms with E-state index in [4.69, 9.17) is 0 Å². The van der Waals surface area contributed by atoms with Crippen LogP contribution in [0.2, 0.25) is 0 Å². The van der Waals surface area contributed by atoms with E-state index in [0.717, 1.165) is 6.42 Å². The summed E-state index contributed by atoms with van der Waals surface area (Å²) in [6.45, 7) is 2.22. The topological polar surface area (TPSA) is 4.93 Å². The van der Waals surface area contributed by atoms with Gasteiger partial charge >= 0.3 is 0 Å². The van der Waals surface area contributed by atoms with Gasteiger partial charge in [0.15, 0.2) is 0 Å². The van der Waals surface area contributed by atoms with Crippen LogP contribution < -0.4 is 0 Å². The molecule has 0 bridgehead atoms. The van der Waals surface area contributed by atoms with Crippen molar-refractivity contribution in [3.63, 3.8) is 0 Å². The van der Waals surface area contributed by atoms with E-state index in [0.29, 0.717) is 0 Å². The van der Waals surface area contributed by atoms with Crippen LogP contribution in [-0.2, 0) is 6.42 Å². The van der Waals surface area contributed by atoms with Crippen molar-refractivity contribution >= 4 is 32.6 Å². The molecule has 0 aliphatic carbocycles. The van der Waals surface area contributed by atoms with Gasteiger partial charge in [-0.2, -0.15) is 0 Å². The average Bonchev–Trinajstić information content (AvgIpc) is 2.95. The van der Waals surface area contributed by atoms with Crippen LogP contribution in [0.25, 0.3) is 38.3 Å². The highest BCUT2D eigenvalue weighted by atomic mass is 15.0. The van der Waals surface area contributed by atoms with E-state index < -0.39 is 0 Å². The normalized spacial score (nSPS) is 11.9. The van der Waals surface area contributed by atoms with Crippen LogP contribution in [-0.4, -0.2) is 4.57 Å². The third kappa shape index (κ3) is 1.68. The SMILES string of the molecule is CCc1cc2ccc3cccc4c3c2c(c1)n4-c1ccccc1. The largest absolute Gasteiger partial charge is 0.309 e. The highest BCUT2D eigenvalue weighted by molar-refractivity contribution is 6.24. The lowest BCUT2D eigenvalue weighted by molar-refractivity contribution is 1.13. The molecular weight excluding hydrogens is 278 g/mol. The van der Waals surface area contributed by atoms with Gasteiger partial charge in [0.1, 0.15) is 0 Å². The van der Waals surface area contributed by atoms with Crippen molar-refractivity contribution in [2.75, 3.05) is 0 Å². The summed E-state index contributed by atoms with van der Waals surface area (Å²) in [6.07, 6.45) is 1.06. The number of hydrogen-bond donors (Lipinski definition) is 0. The Labute approximate surface area is 135 Å². The number of hydrogen-bond acceptors (Lipinski definition) is 0. The molecule has 0 amide bonds. The summed E-state index contributed by atoms with van der Waals surface area (Å²) in [5.41, 5.74) is 5.23. The second-order valence-corrected chi connectivity index (χ2v) is 6.18. The highest BCUT2D eigenvalue weighted by Gasteiger charge is 2.16. The van der Waals surface area contributed by atoms with Crippen molar-refractivity contribution in [1.29, 1.82) is 0 Å². The lowest BCUT2D eigenvalue weighted by atomic mass is 9.99. The first-order valence-corrected chi connectivity index (χ1v) is 8.20. The van der Waals surface area contributed by atoms with Gasteiger partial charge < -0.3 is 4.57 Å². The second kappa shape index (κ2) is 4.60. The Balaban J connectivity index is 2.08. The van der Waals surface area contributed by atoms with Crippen molar-refractivity contribution in [3.05, 3.63) is 78.4 Å². The molecule has 0 unspecified atom stereocenters. The Hall–Kier alpha value is -2.80. The van der Waals surface area contributed by atoms with Crippen molar-refractivity contribution in [2.45, 2.75) is 13.3 Å². The van der Waals surface area contributed by atoms with Gasteiger partial charge in [-0.25, -0.2) is 0 Å². The molecule has 4 aromatic carbocycles. The van der Waals surface area contributed by atoms with E-state index in [-0.39, 0.29) is 0 Å². The zero-order valence-electron chi connectivity index (χ0n) is 13.1. The zero-order valence-corrected chi connectivity index (χ0v) is 13.1. The van der Waals surface area contributed by atoms with E-state index in [1.165, 1.54) is 43.8 Å². The van der Waals surface area contributed by atoms with Gasteiger partial charge in [-0.3, -0.25) is 0 Å². The van der Waals surface area contributed by atoms with E-state index in [1.54, 1.807) is 0 Å². The maximum atomic E-state index is 2.41. The average molecular weight is 295 g/mol. The van der Waals surface area contributed by atoms with Crippen LogP contribution in [0.4, 0.5) is 0 Å². The van der Waals surface area contributed by atoms with Gasteiger partial charge in [0.05, 0.1) is 11.0 Å². The molecule has 23 heavy (non-hydrogen) atoms. The molecule has 5 rings (SSSR count). The molecule has 0 N–H and O–H groups in total. The third-order valence-corrected chi connectivity index (χ3v) is 4.88. The fraction of sp³-hybridized carbons (Fsp3) is 0.0909. The quantitative estimate of drug-likeness (QED) is 0.355. The van der Waals surface area contributed by atoms with Crippen molar-refractivity contribution in [3.8, 4) is 5.69 Å². The molecule has 0 aliphatic rings. The summed E-state index contributed by atoms with van der Waals surface area (Å²) >= 11 is 0. The maximum Gasteiger partial charge on any atom is 0.0550 e. The molecule has 0 aliphatic heterocycles. The van der Waals surface area contributed by atoms with Gasteiger partial charge in [0, 0.05) is 16.5 Å². The van der Waals surface area contributed by atoms with E-state index in [1.807, 2.05) is 0 Å². The summed E-state index contributed by atoms with van der Waals surface area (Å²) < 4.78 is 2.41. The molecule has 0 atom stereocenters. The fourth-order valence-corrected chi connectivity index (χ4v) is 3.81. The summed E-state index contributed by atoms with van der Waals surface area (Å²) in [5.74, 6) is 0. The second-order valence-electron chi connectivity index (χ2n) is 6.18. The summed E-state index contributed by atoms with van der Waals surface area (Å²) in [6, 6.07) is 26.5. The lowest BCUT2D eigenvalue weighted by Gasteiger charge is -2.08. The number of rotatable bonds is 2. The highest BCUT2D eigenvalue weighted by Crippen LogP contribution is 2.39. The minimum Gasteiger partial charge on any atom is -0.309 e. The first-order valence-electron chi connectivity index (χ1n) is 8.20. The van der Waals surface area contributed by atoms with Gasteiger partial charge in [-0.15, -0.1) is 0 Å². The molecule has 5 aromatic rings. The third-order valence-electron chi connectivity index (χ3n) is 4.88. The first-order chi connectivity index (χ1) is 11.4. The van der Waals surface area contributed by atoms with Crippen LogP contribution >= 0.6 is 0 Å². The standard InChI is InChI=1S/C22H17N/c1-2-15-13-17-12-11-16-7-6-10-19-21(16)22(17)20(14-15)23(19)18-8-4-3-5-9-18/h3-14H,2H2,1H3. The summed E-state index contributed by atoms with van der Waals surface area (Å²) in [7, 11) is 0. The molecule has 1 heteroatoms. The number of aromatic nitrogens is 1. The van der Waals surface area contributed by atoms with E-state index >= 15 is 0 Å². The van der Waals surface area contributed by atoms with Gasteiger partial charge in [0.2, 0.25) is 0 Å². The van der Waals surface area contributed by atoms with Crippen molar-refractivity contribution in [2.24, 2.45) is 0 Å². The van der Waals surface area contributed by atoms with E-state index in [9.17, 15) is 0 Å². The minimum absolute atomic E-state index is 1.06. The first kappa shape index (κ1) is 12.7. The predicted octanol–water partition coefficient (Wildman–Crippen LogP) is 5.94. The number of benzene rings is 4. The number of para-hydroxylation sites is 1. The molecule has 0 fully saturated rings. The predicted molar refractivity (Wildman–Crippen MR) is 98.9 cm³/mol. The number of aryl methyl sites for hydroxylation is 1. The molecule has 0 spiro atoms. The van der Waals surface area contributed by atoms with Crippen LogP contribution in [0.15, 0.2) is 72.8 Å². The Kier molecular flexibility index (Phi) is 2.54. The monoisotopic (exact) mass is 295 g/mol. The van der Waals surface area contributed by atoms with Crippen molar-refractivity contribution < 1.29 is 0 Å². The van der Waals surface area contributed by atoms with Crippen LogP contribution in [0.1, 0.15) is 12.5 Å². The molecular formula is C22H17N. The van der Waals surface area contributed by atoms with Crippen LogP contribution in [0, 0.1) is 0 Å². The minimum atomic E-state index is 1.06. The maximum absolute atomic E-state index is 2.41. The number of nitrogens with zero attached hydrogens (tertiary/aromatic N) is 1. The smallest absolute Gasteiger partial charge is 0.0550 e. The molecule has 0 radical (unpaired) electrons. The molecule has 1 aromatic heterocycles. The van der Waals surface area contributed by atoms with Crippen molar-refractivity contribution in [1.82, 2.24) is 4.57 Å². The molecule has 0 saturated carbocycles. The van der Waals surface area contributed by atoms with Gasteiger partial charge in [-0.05, 0) is 47.0 Å². The molecule has 0 saturated heterocycles. The molecule has 1 nitrogen and oxygen atoms in total. The van der Waals surface area contributed by atoms with Crippen LogP contribution in [0.5, 0.6) is 0 Å². The zero-order chi connectivity index (χ0) is 15.4. The summed E-state index contributed by atoms with van der Waals surface area (Å²) in [4.78, 5) is 0. The lowest BCUT2D eigenvalue weighted by Crippen LogP contribution is -1.93. The Morgan fingerprint density at radius 1 is 0.696 bits per heavy atom. The Morgan fingerprint density at radius 3 is 2.30 bits per heavy atom. The molecule has 110 valence electrons. The Bertz CT molecular complexity index is 1130. The molecule has 1 heterocycles.